The number of alkyl halides is 3. The van der Waals surface area contributed by atoms with Crippen molar-refractivity contribution in [3.05, 3.63) is 23.9 Å². The Morgan fingerprint density at radius 1 is 1.45 bits per heavy atom. The van der Waals surface area contributed by atoms with Crippen molar-refractivity contribution in [2.75, 3.05) is 19.3 Å². The van der Waals surface area contributed by atoms with E-state index in [4.69, 9.17) is 5.73 Å². The highest BCUT2D eigenvalue weighted by Gasteiger charge is 2.33. The van der Waals surface area contributed by atoms with Crippen molar-refractivity contribution >= 4 is 22.5 Å². The van der Waals surface area contributed by atoms with Gasteiger partial charge in [-0.3, -0.25) is 9.69 Å². The summed E-state index contributed by atoms with van der Waals surface area (Å²) < 4.78 is 38.4. The largest absolute Gasteiger partial charge is 0.401 e. The molecule has 1 aromatic carbocycles. The maximum atomic E-state index is 12.4. The number of nitrogens with zero attached hydrogens (tertiary/aromatic N) is 3. The fraction of sp³-hybridized carbons (Fsp3) is 0.429. The molecule has 8 heteroatoms. The second-order valence-electron chi connectivity index (χ2n) is 5.37. The number of anilines is 1. The first kappa shape index (κ1) is 16.3. The molecule has 2 rings (SSSR count). The van der Waals surface area contributed by atoms with Crippen molar-refractivity contribution < 1.29 is 18.0 Å². The van der Waals surface area contributed by atoms with E-state index in [1.54, 1.807) is 12.1 Å². The third-order valence-corrected chi connectivity index (χ3v) is 3.61. The minimum atomic E-state index is -4.36. The molecule has 0 saturated carbocycles. The molecule has 5 nitrogen and oxygen atoms in total. The Morgan fingerprint density at radius 3 is 2.68 bits per heavy atom. The number of carbonyl (C=O) groups excluding carboxylic acids is 1. The summed E-state index contributed by atoms with van der Waals surface area (Å²) in [5, 5.41) is 4.69. The number of carbonyl (C=O) groups is 1. The number of fused-ring (bicyclic) bond motifs is 1. The number of likely N-dealkylation sites (N-methyl/N-ethyl adjacent to an activating group) is 1. The molecule has 22 heavy (non-hydrogen) atoms. The molecule has 1 heterocycles. The first-order chi connectivity index (χ1) is 10.1. The summed E-state index contributed by atoms with van der Waals surface area (Å²) in [6.07, 6.45) is -2.87. The number of nitrogen functional groups attached to an aromatic ring is 1. The second-order valence-corrected chi connectivity index (χ2v) is 5.37. The van der Waals surface area contributed by atoms with Crippen LogP contribution >= 0.6 is 0 Å². The Balaban J connectivity index is 2.31. The van der Waals surface area contributed by atoms with Gasteiger partial charge in [0, 0.05) is 11.1 Å². The smallest absolute Gasteiger partial charge is 0.398 e. The second kappa shape index (κ2) is 5.60. The molecule has 0 aliphatic heterocycles. The van der Waals surface area contributed by atoms with Crippen LogP contribution in [0.5, 0.6) is 0 Å². The lowest BCUT2D eigenvalue weighted by Crippen LogP contribution is -2.43. The highest BCUT2D eigenvalue weighted by atomic mass is 19.4. The van der Waals surface area contributed by atoms with Crippen molar-refractivity contribution in [3.8, 4) is 0 Å². The molecular formula is C14H17F3N4O. The summed E-state index contributed by atoms with van der Waals surface area (Å²) in [4.78, 5) is 13.3. The number of rotatable bonds is 3. The van der Waals surface area contributed by atoms with Crippen LogP contribution in [0.25, 0.3) is 10.9 Å². The molecule has 0 spiro atoms. The maximum Gasteiger partial charge on any atom is 0.401 e. The summed E-state index contributed by atoms with van der Waals surface area (Å²) >= 11 is 0. The van der Waals surface area contributed by atoms with Gasteiger partial charge < -0.3 is 5.73 Å². The number of aromatic nitrogens is 2. The van der Waals surface area contributed by atoms with Crippen LogP contribution in [0.2, 0.25) is 0 Å². The van der Waals surface area contributed by atoms with Crippen molar-refractivity contribution in [1.29, 1.82) is 0 Å². The van der Waals surface area contributed by atoms with Gasteiger partial charge >= 0.3 is 6.18 Å². The number of hydrogen-bond acceptors (Lipinski definition) is 4. The molecule has 2 N–H and O–H groups in total. The van der Waals surface area contributed by atoms with Gasteiger partial charge in [0.25, 0.3) is 5.91 Å². The Hall–Kier alpha value is -2.09. The van der Waals surface area contributed by atoms with E-state index < -0.39 is 24.7 Å². The molecule has 0 aliphatic carbocycles. The first-order valence-electron chi connectivity index (χ1n) is 6.65. The van der Waals surface area contributed by atoms with Gasteiger partial charge in [-0.1, -0.05) is 0 Å². The molecule has 0 fully saturated rings. The van der Waals surface area contributed by atoms with Crippen LogP contribution in [0.3, 0.4) is 0 Å². The van der Waals surface area contributed by atoms with Crippen molar-refractivity contribution in [3.63, 3.8) is 0 Å². The number of aryl methyl sites for hydroxylation is 1. The zero-order chi connectivity index (χ0) is 16.7. The highest BCUT2D eigenvalue weighted by Crippen LogP contribution is 2.22. The van der Waals surface area contributed by atoms with E-state index in [9.17, 15) is 18.0 Å². The van der Waals surface area contributed by atoms with Crippen molar-refractivity contribution in [2.24, 2.45) is 0 Å². The van der Waals surface area contributed by atoms with Gasteiger partial charge in [-0.05, 0) is 38.6 Å². The summed E-state index contributed by atoms with van der Waals surface area (Å²) in [7, 11) is 1.25. The highest BCUT2D eigenvalue weighted by molar-refractivity contribution is 5.94. The maximum absolute atomic E-state index is 12.4. The van der Waals surface area contributed by atoms with Gasteiger partial charge in [-0.2, -0.15) is 23.0 Å². The molecular weight excluding hydrogens is 297 g/mol. The average molecular weight is 314 g/mol. The molecule has 0 bridgehead atoms. The topological polar surface area (TPSA) is 64.2 Å². The minimum absolute atomic E-state index is 0.486. The van der Waals surface area contributed by atoms with Crippen LogP contribution < -0.4 is 5.73 Å². The minimum Gasteiger partial charge on any atom is -0.398 e. The standard InChI is InChI=1S/C14H17F3N4O/c1-8-4-10-6-19-21(12(10)5-11(8)18)13(22)9(2)20(3)7-14(15,16)17/h4-6,9H,7,18H2,1-3H3/t9-/m1/s1. The van der Waals surface area contributed by atoms with Crippen LogP contribution in [0.15, 0.2) is 18.3 Å². The zero-order valence-corrected chi connectivity index (χ0v) is 12.5. The van der Waals surface area contributed by atoms with Gasteiger partial charge in [-0.15, -0.1) is 0 Å². The van der Waals surface area contributed by atoms with Gasteiger partial charge in [0.1, 0.15) is 0 Å². The summed E-state index contributed by atoms with van der Waals surface area (Å²) in [5.41, 5.74) is 7.66. The number of nitrogens with two attached hydrogens (primary N) is 1. The van der Waals surface area contributed by atoms with Crippen LogP contribution in [0.1, 0.15) is 17.3 Å². The fourth-order valence-corrected chi connectivity index (χ4v) is 2.16. The van der Waals surface area contributed by atoms with Crippen LogP contribution in [0, 0.1) is 6.92 Å². The molecule has 0 amide bonds. The third-order valence-electron chi connectivity index (χ3n) is 3.61. The molecule has 0 aliphatic rings. The van der Waals surface area contributed by atoms with E-state index in [0.29, 0.717) is 16.6 Å². The van der Waals surface area contributed by atoms with E-state index in [2.05, 4.69) is 5.10 Å². The van der Waals surface area contributed by atoms with E-state index in [1.165, 1.54) is 20.2 Å². The van der Waals surface area contributed by atoms with Gasteiger partial charge in [0.15, 0.2) is 0 Å². The van der Waals surface area contributed by atoms with E-state index in [0.717, 1.165) is 15.1 Å². The lowest BCUT2D eigenvalue weighted by molar-refractivity contribution is -0.145. The molecule has 0 radical (unpaired) electrons. The zero-order valence-electron chi connectivity index (χ0n) is 12.5. The molecule has 2 aromatic rings. The summed E-state index contributed by atoms with van der Waals surface area (Å²) in [6, 6.07) is 2.42. The van der Waals surface area contributed by atoms with Gasteiger partial charge in [0.2, 0.25) is 0 Å². The summed E-state index contributed by atoms with van der Waals surface area (Å²) in [6.45, 7) is 2.08. The lowest BCUT2D eigenvalue weighted by Gasteiger charge is -2.24. The third kappa shape index (κ3) is 3.22. The van der Waals surface area contributed by atoms with Crippen LogP contribution in [-0.4, -0.2) is 46.4 Å². The number of benzene rings is 1. The molecule has 0 unspecified atom stereocenters. The number of hydrogen-bond donors (Lipinski definition) is 1. The SMILES string of the molecule is Cc1cc2cnn(C(=O)[C@@H](C)N(C)CC(F)(F)F)c2cc1N. The van der Waals surface area contributed by atoms with Crippen molar-refractivity contribution in [1.82, 2.24) is 14.7 Å². The molecule has 1 aromatic heterocycles. The van der Waals surface area contributed by atoms with Crippen LogP contribution in [-0.2, 0) is 0 Å². The van der Waals surface area contributed by atoms with E-state index >= 15 is 0 Å². The van der Waals surface area contributed by atoms with Crippen LogP contribution in [0.4, 0.5) is 18.9 Å². The first-order valence-corrected chi connectivity index (χ1v) is 6.65. The predicted molar refractivity (Wildman–Crippen MR) is 77.7 cm³/mol. The van der Waals surface area contributed by atoms with Gasteiger partial charge in [0.05, 0.1) is 24.3 Å². The quantitative estimate of drug-likeness (QED) is 0.884. The van der Waals surface area contributed by atoms with Crippen molar-refractivity contribution in [2.45, 2.75) is 26.1 Å². The Bertz CT molecular complexity index is 708. The molecule has 120 valence electrons. The Labute approximate surface area is 125 Å². The van der Waals surface area contributed by atoms with E-state index in [-0.39, 0.29) is 0 Å². The Morgan fingerprint density at radius 2 is 2.09 bits per heavy atom. The molecule has 0 saturated heterocycles. The summed E-state index contributed by atoms with van der Waals surface area (Å²) in [5.74, 6) is -0.537. The Kier molecular flexibility index (Phi) is 4.15. The van der Waals surface area contributed by atoms with E-state index in [1.807, 2.05) is 6.92 Å². The normalized spacial score (nSPS) is 13.8. The predicted octanol–water partition coefficient (Wildman–Crippen LogP) is 2.45. The lowest BCUT2D eigenvalue weighted by atomic mass is 10.1. The number of halogens is 3. The monoisotopic (exact) mass is 314 g/mol. The average Bonchev–Trinajstić information content (AvgIpc) is 2.78. The molecule has 1 atom stereocenters. The van der Waals surface area contributed by atoms with Gasteiger partial charge in [-0.25, -0.2) is 0 Å². The fourth-order valence-electron chi connectivity index (χ4n) is 2.16.